The number of halogens is 3. The van der Waals surface area contributed by atoms with Crippen LogP contribution in [0.4, 0.5) is 13.2 Å². The Kier molecular flexibility index (Phi) is 7.46. The van der Waals surface area contributed by atoms with Gasteiger partial charge >= 0.3 is 6.18 Å². The van der Waals surface area contributed by atoms with Crippen LogP contribution in [-0.2, 0) is 16.2 Å². The van der Waals surface area contributed by atoms with Crippen molar-refractivity contribution >= 4 is 10.0 Å². The normalized spacial score (nSPS) is 11.5. The molecule has 2 heterocycles. The lowest BCUT2D eigenvalue weighted by molar-refractivity contribution is -0.141. The molecule has 0 fully saturated rings. The summed E-state index contributed by atoms with van der Waals surface area (Å²) in [7, 11) is -2.43. The lowest BCUT2D eigenvalue weighted by atomic mass is 10.1. The first-order valence-corrected chi connectivity index (χ1v) is 11.5. The van der Waals surface area contributed by atoms with Crippen LogP contribution in [0.25, 0.3) is 16.9 Å². The van der Waals surface area contributed by atoms with Crippen LogP contribution in [0.5, 0.6) is 5.75 Å². The Morgan fingerprint density at radius 1 is 1.03 bits per heavy atom. The number of aromatic amines is 1. The molecule has 0 unspecified atom stereocenters. The number of aryl methyl sites for hydroxylation is 1. The molecule has 4 aromatic rings. The molecule has 0 amide bonds. The van der Waals surface area contributed by atoms with E-state index in [2.05, 4.69) is 10.1 Å². The molecule has 0 aliphatic heterocycles. The molecule has 184 valence electrons. The first kappa shape index (κ1) is 25.7. The fourth-order valence-electron chi connectivity index (χ4n) is 2.99. The number of H-pyrrole nitrogens is 1. The topological polar surface area (TPSA) is 120 Å². The second kappa shape index (κ2) is 10.2. The molecule has 4 rings (SSSR count). The third kappa shape index (κ3) is 6.37. The maximum absolute atomic E-state index is 13.1. The van der Waals surface area contributed by atoms with Crippen molar-refractivity contribution in [1.29, 1.82) is 0 Å². The number of sulfonamides is 1. The summed E-state index contributed by atoms with van der Waals surface area (Å²) < 4.78 is 67.9. The molecule has 2 aromatic heterocycles. The minimum Gasteiger partial charge on any atom is -0.491 e. The molecule has 0 atom stereocenters. The van der Waals surface area contributed by atoms with E-state index < -0.39 is 21.9 Å². The van der Waals surface area contributed by atoms with Gasteiger partial charge in [-0.1, -0.05) is 29.8 Å². The molecular weight excluding hydrogens is 485 g/mol. The van der Waals surface area contributed by atoms with Crippen molar-refractivity contribution in [3.05, 3.63) is 94.5 Å². The molecule has 3 N–H and O–H groups in total. The summed E-state index contributed by atoms with van der Waals surface area (Å²) in [6, 6.07) is 16.4. The Labute approximate surface area is 198 Å². The van der Waals surface area contributed by atoms with Gasteiger partial charge in [0.15, 0.2) is 11.4 Å². The predicted molar refractivity (Wildman–Crippen MR) is 124 cm³/mol. The van der Waals surface area contributed by atoms with Gasteiger partial charge in [0.25, 0.3) is 5.56 Å². The average molecular weight is 507 g/mol. The Morgan fingerprint density at radius 3 is 2.14 bits per heavy atom. The van der Waals surface area contributed by atoms with Crippen molar-refractivity contribution in [2.75, 3.05) is 7.11 Å². The highest BCUT2D eigenvalue weighted by atomic mass is 32.2. The molecule has 8 nitrogen and oxygen atoms in total. The molecule has 0 saturated carbocycles. The number of aromatic nitrogens is 3. The summed E-state index contributed by atoms with van der Waals surface area (Å²) in [6.07, 6.45) is -3.05. The van der Waals surface area contributed by atoms with Gasteiger partial charge in [0.2, 0.25) is 10.0 Å². The van der Waals surface area contributed by atoms with Crippen molar-refractivity contribution in [3.8, 4) is 22.7 Å². The quantitative estimate of drug-likeness (QED) is 0.435. The van der Waals surface area contributed by atoms with Gasteiger partial charge in [0, 0.05) is 11.8 Å². The summed E-state index contributed by atoms with van der Waals surface area (Å²) in [5, 5.41) is 8.70. The molecule has 2 aromatic carbocycles. The second-order valence-corrected chi connectivity index (χ2v) is 8.86. The van der Waals surface area contributed by atoms with E-state index >= 15 is 0 Å². The summed E-state index contributed by atoms with van der Waals surface area (Å²) in [6.45, 7) is 1.87. The van der Waals surface area contributed by atoms with Gasteiger partial charge in [-0.3, -0.25) is 4.79 Å². The van der Waals surface area contributed by atoms with Crippen molar-refractivity contribution in [1.82, 2.24) is 14.8 Å². The van der Waals surface area contributed by atoms with Crippen LogP contribution in [0.3, 0.4) is 0 Å². The highest BCUT2D eigenvalue weighted by Gasteiger charge is 2.35. The van der Waals surface area contributed by atoms with Gasteiger partial charge in [0.05, 0.1) is 23.4 Å². The number of methoxy groups -OCH3 is 1. The van der Waals surface area contributed by atoms with E-state index in [1.54, 1.807) is 42.6 Å². The van der Waals surface area contributed by atoms with Gasteiger partial charge < -0.3 is 9.72 Å². The average Bonchev–Trinajstić information content (AvgIpc) is 3.26. The predicted octanol–water partition coefficient (Wildman–Crippen LogP) is 3.90. The van der Waals surface area contributed by atoms with E-state index in [1.165, 1.54) is 31.4 Å². The lowest BCUT2D eigenvalue weighted by Gasteiger charge is -2.09. The third-order valence-electron chi connectivity index (χ3n) is 4.76. The minimum atomic E-state index is -4.61. The van der Waals surface area contributed by atoms with E-state index in [0.29, 0.717) is 11.3 Å². The second-order valence-electron chi connectivity index (χ2n) is 7.30. The number of hydrogen-bond acceptors (Lipinski definition) is 5. The first-order chi connectivity index (χ1) is 16.4. The molecule has 12 heteroatoms. The Morgan fingerprint density at radius 2 is 1.66 bits per heavy atom. The molecule has 0 bridgehead atoms. The number of alkyl halides is 3. The summed E-state index contributed by atoms with van der Waals surface area (Å²) in [4.78, 5) is 13.0. The van der Waals surface area contributed by atoms with Crippen LogP contribution >= 0.6 is 0 Å². The number of ether oxygens (including phenoxy) is 1. The van der Waals surface area contributed by atoms with Crippen LogP contribution in [-0.4, -0.2) is 30.3 Å². The molecule has 0 radical (unpaired) electrons. The first-order valence-electron chi connectivity index (χ1n) is 9.99. The number of rotatable bonds is 4. The number of nitrogens with two attached hydrogens (primary N) is 1. The van der Waals surface area contributed by atoms with Crippen molar-refractivity contribution in [3.63, 3.8) is 0 Å². The van der Waals surface area contributed by atoms with Crippen LogP contribution in [0.2, 0.25) is 0 Å². The molecule has 35 heavy (non-hydrogen) atoms. The van der Waals surface area contributed by atoms with Crippen molar-refractivity contribution < 1.29 is 26.3 Å². The Bertz CT molecular complexity index is 1460. The van der Waals surface area contributed by atoms with Gasteiger partial charge in [-0.25, -0.2) is 18.2 Å². The Balaban J connectivity index is 0.000000320. The van der Waals surface area contributed by atoms with Gasteiger partial charge in [-0.15, -0.1) is 0 Å². The number of benzene rings is 2. The van der Waals surface area contributed by atoms with E-state index in [4.69, 9.17) is 9.88 Å². The zero-order chi connectivity index (χ0) is 25.8. The number of nitrogens with one attached hydrogen (secondary N) is 1. The maximum atomic E-state index is 13.1. The van der Waals surface area contributed by atoms with Gasteiger partial charge in [-0.2, -0.15) is 18.3 Å². The number of primary sulfonamides is 1. The highest BCUT2D eigenvalue weighted by molar-refractivity contribution is 7.89. The SMILES string of the molecule is COc1ccc[nH]c1=O.Cc1ccc(-c2cc(C(F)(F)F)nn2-c2ccc(S(N)(=O)=O)cc2)cc1. The Hall–Kier alpha value is -3.90. The van der Waals surface area contributed by atoms with Crippen LogP contribution in [0.15, 0.2) is 82.6 Å². The zero-order valence-corrected chi connectivity index (χ0v) is 19.4. The van der Waals surface area contributed by atoms with Gasteiger partial charge in [0.1, 0.15) is 0 Å². The fourth-order valence-corrected chi connectivity index (χ4v) is 3.51. The smallest absolute Gasteiger partial charge is 0.435 e. The molecule has 0 aliphatic carbocycles. The number of hydrogen-bond donors (Lipinski definition) is 2. The van der Waals surface area contributed by atoms with Crippen LogP contribution in [0.1, 0.15) is 11.3 Å². The van der Waals surface area contributed by atoms with Crippen LogP contribution in [0, 0.1) is 6.92 Å². The maximum Gasteiger partial charge on any atom is 0.435 e. The summed E-state index contributed by atoms with van der Waals surface area (Å²) in [5.41, 5.74) is 0.801. The molecule has 0 aliphatic rings. The molecule has 0 saturated heterocycles. The zero-order valence-electron chi connectivity index (χ0n) is 18.6. The van der Waals surface area contributed by atoms with E-state index in [0.717, 1.165) is 16.3 Å². The third-order valence-corrected chi connectivity index (χ3v) is 5.69. The fraction of sp³-hybridized carbons (Fsp3) is 0.130. The largest absolute Gasteiger partial charge is 0.491 e. The number of pyridine rings is 1. The molecular formula is C23H21F3N4O4S. The standard InChI is InChI=1S/C17H14F3N3O2S.C6H7NO2/c1-11-2-4-12(5-3-11)15-10-16(17(18,19)20)22-23(15)13-6-8-14(9-7-13)26(21,24)25;1-9-5-3-2-4-7-6(5)8/h2-10H,1H3,(H2,21,24,25);2-4H,1H3,(H,7,8). The minimum absolute atomic E-state index is 0.138. The van der Waals surface area contributed by atoms with Gasteiger partial charge in [-0.05, 0) is 49.4 Å². The molecule has 0 spiro atoms. The van der Waals surface area contributed by atoms with Crippen molar-refractivity contribution in [2.24, 2.45) is 5.14 Å². The van der Waals surface area contributed by atoms with E-state index in [-0.39, 0.29) is 21.8 Å². The highest BCUT2D eigenvalue weighted by Crippen LogP contribution is 2.33. The summed E-state index contributed by atoms with van der Waals surface area (Å²) in [5.74, 6) is 0.345. The lowest BCUT2D eigenvalue weighted by Crippen LogP contribution is -2.12. The van der Waals surface area contributed by atoms with Crippen LogP contribution < -0.4 is 15.4 Å². The monoisotopic (exact) mass is 506 g/mol. The van der Waals surface area contributed by atoms with E-state index in [9.17, 15) is 26.4 Å². The summed E-state index contributed by atoms with van der Waals surface area (Å²) >= 11 is 0. The number of nitrogens with zero attached hydrogens (tertiary/aromatic N) is 2. The van der Waals surface area contributed by atoms with Crippen molar-refractivity contribution in [2.45, 2.75) is 18.0 Å². The van der Waals surface area contributed by atoms with E-state index in [1.807, 2.05) is 6.92 Å².